The van der Waals surface area contributed by atoms with E-state index < -0.39 is 0 Å². The van der Waals surface area contributed by atoms with Gasteiger partial charge in [-0.3, -0.25) is 20.0 Å². The van der Waals surface area contributed by atoms with Gasteiger partial charge in [0.2, 0.25) is 0 Å². The summed E-state index contributed by atoms with van der Waals surface area (Å²) >= 11 is 3.79. The molecule has 0 fully saturated rings. The Morgan fingerprint density at radius 1 is 0.543 bits per heavy atom. The van der Waals surface area contributed by atoms with Crippen molar-refractivity contribution in [1.82, 2.24) is 9.97 Å². The van der Waals surface area contributed by atoms with Crippen LogP contribution in [0.15, 0.2) is 99.6 Å². The largest absolute Gasteiger partial charge is 0.255 e. The normalized spacial score (nSPS) is 10.0. The molecule has 0 N–H and O–H groups in total. The molecular formula is C35H35BrCl4Cu2N4. The minimum absolute atomic E-state index is 0. The molecule has 0 saturated heterocycles. The van der Waals surface area contributed by atoms with Crippen molar-refractivity contribution in [3.63, 3.8) is 0 Å². The average molecular weight is 861 g/mol. The first kappa shape index (κ1) is 46.1. The van der Waals surface area contributed by atoms with Gasteiger partial charge in [-0.15, -0.1) is 49.6 Å². The molecule has 5 rings (SSSR count). The fourth-order valence-corrected chi connectivity index (χ4v) is 5.53. The maximum Gasteiger partial charge on any atom is 0.0812 e. The second kappa shape index (κ2) is 21.1. The van der Waals surface area contributed by atoms with Crippen molar-refractivity contribution < 1.29 is 34.1 Å². The van der Waals surface area contributed by atoms with E-state index in [4.69, 9.17) is 9.98 Å². The van der Waals surface area contributed by atoms with Gasteiger partial charge in [-0.05, 0) is 145 Å². The molecule has 2 heterocycles. The smallest absolute Gasteiger partial charge is 0.0812 e. The van der Waals surface area contributed by atoms with Crippen LogP contribution in [0, 0.1) is 34.6 Å². The quantitative estimate of drug-likeness (QED) is 0.126. The van der Waals surface area contributed by atoms with Crippen LogP contribution in [0.2, 0.25) is 0 Å². The molecule has 2 radical (unpaired) electrons. The third-order valence-corrected chi connectivity index (χ3v) is 7.46. The fourth-order valence-electron chi connectivity index (χ4n) is 5.07. The number of rotatable bonds is 6. The Balaban J connectivity index is 0. The van der Waals surface area contributed by atoms with Gasteiger partial charge in [0.1, 0.15) is 0 Å². The summed E-state index contributed by atoms with van der Waals surface area (Å²) < 4.78 is 1.04. The van der Waals surface area contributed by atoms with Crippen molar-refractivity contribution in [2.75, 3.05) is 0 Å². The molecule has 11 heteroatoms. The predicted molar refractivity (Wildman–Crippen MR) is 201 cm³/mol. The summed E-state index contributed by atoms with van der Waals surface area (Å²) in [6.07, 6.45) is 7.21. The van der Waals surface area contributed by atoms with Crippen LogP contribution in [0.3, 0.4) is 0 Å². The number of nitrogens with zero attached hydrogens (tertiary/aromatic N) is 4. The van der Waals surface area contributed by atoms with Gasteiger partial charge < -0.3 is 0 Å². The van der Waals surface area contributed by atoms with E-state index in [-0.39, 0.29) is 83.8 Å². The first-order valence-electron chi connectivity index (χ1n) is 13.2. The van der Waals surface area contributed by atoms with Gasteiger partial charge in [0.25, 0.3) is 0 Å². The molecule has 3 aromatic carbocycles. The van der Waals surface area contributed by atoms with Gasteiger partial charge in [0.15, 0.2) is 0 Å². The molecule has 0 saturated carbocycles. The van der Waals surface area contributed by atoms with Crippen LogP contribution >= 0.6 is 65.6 Å². The van der Waals surface area contributed by atoms with Crippen LogP contribution in [0.25, 0.3) is 22.3 Å². The number of hydrogen-bond acceptors (Lipinski definition) is 4. The number of aliphatic imine (C=N–C) groups is 2. The van der Waals surface area contributed by atoms with Crippen molar-refractivity contribution in [2.24, 2.45) is 9.98 Å². The molecule has 0 aliphatic heterocycles. The van der Waals surface area contributed by atoms with Gasteiger partial charge in [-0.2, -0.15) is 0 Å². The standard InChI is InChI=1S/C35H31BrN4.4ClH.2Cu/c1-22-14-27(15-23(2)34(22)39-20-30-10-6-8-12-37-30)32-18-29(36)19-33(26(32)5)28-16-24(3)35(25(4)17-28)40-21-31-11-7-9-13-38-31;;;;;;/h6-21H,1-5H3;4*1H;;. The molecule has 5 aromatic rings. The third kappa shape index (κ3) is 11.0. The Hall–Kier alpha value is -2.02. The number of pyridine rings is 2. The minimum Gasteiger partial charge on any atom is -0.255 e. The van der Waals surface area contributed by atoms with Gasteiger partial charge in [0.05, 0.1) is 35.2 Å². The Bertz CT molecular complexity index is 1600. The van der Waals surface area contributed by atoms with E-state index in [1.165, 1.54) is 27.8 Å². The van der Waals surface area contributed by atoms with Crippen LogP contribution in [-0.4, -0.2) is 22.4 Å². The second-order valence-corrected chi connectivity index (χ2v) is 11.0. The van der Waals surface area contributed by atoms with Crippen molar-refractivity contribution >= 4 is 89.4 Å². The average Bonchev–Trinajstić information content (AvgIpc) is 2.94. The molecule has 4 nitrogen and oxygen atoms in total. The topological polar surface area (TPSA) is 50.5 Å². The molecule has 46 heavy (non-hydrogen) atoms. The number of aryl methyl sites for hydroxylation is 4. The number of benzene rings is 3. The van der Waals surface area contributed by atoms with E-state index in [9.17, 15) is 0 Å². The summed E-state index contributed by atoms with van der Waals surface area (Å²) in [7, 11) is 0. The van der Waals surface area contributed by atoms with Crippen molar-refractivity contribution in [3.05, 3.63) is 129 Å². The summed E-state index contributed by atoms with van der Waals surface area (Å²) in [6.45, 7) is 10.7. The molecule has 252 valence electrons. The van der Waals surface area contributed by atoms with Crippen LogP contribution in [0.4, 0.5) is 11.4 Å². The van der Waals surface area contributed by atoms with E-state index in [1.54, 1.807) is 12.4 Å². The van der Waals surface area contributed by atoms with Crippen molar-refractivity contribution in [2.45, 2.75) is 34.6 Å². The zero-order chi connectivity index (χ0) is 28.2. The van der Waals surface area contributed by atoms with Crippen molar-refractivity contribution in [3.8, 4) is 22.3 Å². The molecule has 0 amide bonds. The summed E-state index contributed by atoms with van der Waals surface area (Å²) in [4.78, 5) is 18.2. The fraction of sp³-hybridized carbons (Fsp3) is 0.143. The minimum atomic E-state index is 0. The molecule has 0 aliphatic carbocycles. The molecule has 2 aromatic heterocycles. The summed E-state index contributed by atoms with van der Waals surface area (Å²) in [5.74, 6) is 0. The third-order valence-electron chi connectivity index (χ3n) is 7.00. The number of aromatic nitrogens is 2. The molecule has 0 unspecified atom stereocenters. The van der Waals surface area contributed by atoms with E-state index >= 15 is 0 Å². The van der Waals surface area contributed by atoms with Gasteiger partial charge in [0, 0.05) is 51.0 Å². The first-order chi connectivity index (χ1) is 19.3. The molecule has 0 spiro atoms. The molecular weight excluding hydrogens is 825 g/mol. The summed E-state index contributed by atoms with van der Waals surface area (Å²) in [5.41, 5.74) is 14.2. The maximum absolute atomic E-state index is 4.77. The SMILES string of the molecule is Cc1cc(-c2cc(Br)cc(-c3cc(C)c(N=Cc4ccccn4)c(C)c3)c2C)cc(C)c1N=Cc1ccccn1.Cl.Cl.Cl.Cl.[Cu].[Cu]. The zero-order valence-electron chi connectivity index (χ0n) is 25.6. The number of hydrogen-bond donors (Lipinski definition) is 0. The zero-order valence-corrected chi connectivity index (χ0v) is 32.4. The predicted octanol–water partition coefficient (Wildman–Crippen LogP) is 11.3. The van der Waals surface area contributed by atoms with E-state index in [0.29, 0.717) is 0 Å². The molecule has 0 atom stereocenters. The Labute approximate surface area is 326 Å². The second-order valence-electron chi connectivity index (χ2n) is 10.1. The Morgan fingerprint density at radius 2 is 0.891 bits per heavy atom. The Kier molecular flexibility index (Phi) is 21.1. The first-order valence-corrected chi connectivity index (χ1v) is 14.0. The van der Waals surface area contributed by atoms with Crippen LogP contribution in [-0.2, 0) is 34.1 Å². The summed E-state index contributed by atoms with van der Waals surface area (Å²) in [5, 5.41) is 0. The Morgan fingerprint density at radius 3 is 1.20 bits per heavy atom. The van der Waals surface area contributed by atoms with Crippen molar-refractivity contribution in [1.29, 1.82) is 0 Å². The van der Waals surface area contributed by atoms with Crippen LogP contribution in [0.1, 0.15) is 39.2 Å². The van der Waals surface area contributed by atoms with Gasteiger partial charge >= 0.3 is 0 Å². The van der Waals surface area contributed by atoms with E-state index in [1.807, 2.05) is 48.8 Å². The van der Waals surface area contributed by atoms with E-state index in [0.717, 1.165) is 49.5 Å². The van der Waals surface area contributed by atoms with E-state index in [2.05, 4.69) is 96.9 Å². The summed E-state index contributed by atoms with van der Waals surface area (Å²) in [6, 6.07) is 25.0. The maximum atomic E-state index is 4.77. The van der Waals surface area contributed by atoms with Crippen LogP contribution in [0.5, 0.6) is 0 Å². The molecule has 0 bridgehead atoms. The number of halogens is 5. The van der Waals surface area contributed by atoms with Crippen LogP contribution < -0.4 is 0 Å². The molecule has 0 aliphatic rings. The van der Waals surface area contributed by atoms with Gasteiger partial charge in [-0.25, -0.2) is 0 Å². The monoisotopic (exact) mass is 856 g/mol. The van der Waals surface area contributed by atoms with Gasteiger partial charge in [-0.1, -0.05) is 28.1 Å².